The van der Waals surface area contributed by atoms with Crippen LogP contribution >= 0.6 is 0 Å². The molecule has 2 heteroatoms. The molecule has 1 heterocycles. The Bertz CT molecular complexity index is 495. The van der Waals surface area contributed by atoms with Gasteiger partial charge in [-0.15, -0.1) is 0 Å². The van der Waals surface area contributed by atoms with Crippen molar-refractivity contribution in [1.82, 2.24) is 9.97 Å². The molecular formula is C14H14N2. The van der Waals surface area contributed by atoms with E-state index in [0.717, 1.165) is 28.3 Å². The van der Waals surface area contributed by atoms with E-state index in [0.29, 0.717) is 0 Å². The number of aromatic nitrogens is 2. The van der Waals surface area contributed by atoms with Gasteiger partial charge in [0.1, 0.15) is 5.82 Å². The lowest BCUT2D eigenvalue weighted by atomic mass is 10.0. The van der Waals surface area contributed by atoms with Crippen LogP contribution in [-0.4, -0.2) is 9.97 Å². The van der Waals surface area contributed by atoms with E-state index in [4.69, 9.17) is 0 Å². The van der Waals surface area contributed by atoms with Crippen molar-refractivity contribution >= 4 is 5.57 Å². The summed E-state index contributed by atoms with van der Waals surface area (Å²) in [4.78, 5) is 8.66. The Morgan fingerprint density at radius 3 is 2.38 bits per heavy atom. The third-order valence-electron chi connectivity index (χ3n) is 2.40. The van der Waals surface area contributed by atoms with Crippen molar-refractivity contribution in [2.75, 3.05) is 0 Å². The molecule has 1 aromatic carbocycles. The van der Waals surface area contributed by atoms with Gasteiger partial charge in [-0.25, -0.2) is 9.97 Å². The van der Waals surface area contributed by atoms with Gasteiger partial charge in [0.05, 0.1) is 5.69 Å². The summed E-state index contributed by atoms with van der Waals surface area (Å²) >= 11 is 0. The Labute approximate surface area is 95.7 Å². The first kappa shape index (κ1) is 10.6. The van der Waals surface area contributed by atoms with E-state index < -0.39 is 0 Å². The molecule has 2 nitrogen and oxygen atoms in total. The zero-order chi connectivity index (χ0) is 11.5. The monoisotopic (exact) mass is 210 g/mol. The van der Waals surface area contributed by atoms with Gasteiger partial charge in [-0.05, 0) is 25.5 Å². The SMILES string of the molecule is C=C(c1ccccc1)c1cc(C)nc(C)n1. The van der Waals surface area contributed by atoms with Crippen molar-refractivity contribution in [2.45, 2.75) is 13.8 Å². The van der Waals surface area contributed by atoms with Gasteiger partial charge in [-0.1, -0.05) is 36.9 Å². The van der Waals surface area contributed by atoms with Crippen LogP contribution in [0.2, 0.25) is 0 Å². The molecule has 0 amide bonds. The molecule has 0 unspecified atom stereocenters. The Balaban J connectivity index is 2.42. The van der Waals surface area contributed by atoms with Gasteiger partial charge in [-0.2, -0.15) is 0 Å². The minimum Gasteiger partial charge on any atom is -0.239 e. The summed E-state index contributed by atoms with van der Waals surface area (Å²) in [6, 6.07) is 12.0. The van der Waals surface area contributed by atoms with Crippen LogP contribution in [0.3, 0.4) is 0 Å². The highest BCUT2D eigenvalue weighted by Gasteiger charge is 2.05. The van der Waals surface area contributed by atoms with Crippen molar-refractivity contribution in [3.63, 3.8) is 0 Å². The predicted molar refractivity (Wildman–Crippen MR) is 66.1 cm³/mol. The molecule has 1 aromatic heterocycles. The zero-order valence-corrected chi connectivity index (χ0v) is 9.57. The molecule has 0 atom stereocenters. The fraction of sp³-hybridized carbons (Fsp3) is 0.143. The minimum atomic E-state index is 0.784. The lowest BCUT2D eigenvalue weighted by Crippen LogP contribution is -1.97. The first-order chi connectivity index (χ1) is 7.66. The largest absolute Gasteiger partial charge is 0.239 e. The molecule has 16 heavy (non-hydrogen) atoms. The molecule has 0 aliphatic carbocycles. The minimum absolute atomic E-state index is 0.784. The first-order valence-corrected chi connectivity index (χ1v) is 5.24. The number of hydrogen-bond donors (Lipinski definition) is 0. The quantitative estimate of drug-likeness (QED) is 0.761. The summed E-state index contributed by atoms with van der Waals surface area (Å²) in [6.45, 7) is 7.95. The van der Waals surface area contributed by atoms with Crippen molar-refractivity contribution in [2.24, 2.45) is 0 Å². The van der Waals surface area contributed by atoms with Gasteiger partial charge in [0.2, 0.25) is 0 Å². The van der Waals surface area contributed by atoms with Crippen LogP contribution in [0.25, 0.3) is 5.57 Å². The van der Waals surface area contributed by atoms with Crippen LogP contribution in [0.1, 0.15) is 22.8 Å². The summed E-state index contributed by atoms with van der Waals surface area (Å²) in [5.41, 5.74) is 3.91. The summed E-state index contributed by atoms with van der Waals surface area (Å²) < 4.78 is 0. The van der Waals surface area contributed by atoms with Crippen molar-refractivity contribution in [3.05, 3.63) is 65.8 Å². The Morgan fingerprint density at radius 2 is 1.75 bits per heavy atom. The van der Waals surface area contributed by atoms with E-state index in [1.807, 2.05) is 50.2 Å². The second-order valence-corrected chi connectivity index (χ2v) is 3.79. The Morgan fingerprint density at radius 1 is 1.06 bits per heavy atom. The normalized spacial score (nSPS) is 10.1. The van der Waals surface area contributed by atoms with Crippen LogP contribution in [0.4, 0.5) is 0 Å². The van der Waals surface area contributed by atoms with Crippen molar-refractivity contribution < 1.29 is 0 Å². The summed E-state index contributed by atoms with van der Waals surface area (Å²) in [7, 11) is 0. The van der Waals surface area contributed by atoms with E-state index >= 15 is 0 Å². The van der Waals surface area contributed by atoms with Crippen LogP contribution in [0, 0.1) is 13.8 Å². The van der Waals surface area contributed by atoms with Gasteiger partial charge >= 0.3 is 0 Å². The predicted octanol–water partition coefficient (Wildman–Crippen LogP) is 3.15. The molecule has 0 spiro atoms. The van der Waals surface area contributed by atoms with E-state index in [9.17, 15) is 0 Å². The van der Waals surface area contributed by atoms with Crippen LogP contribution in [0.15, 0.2) is 43.0 Å². The average Bonchev–Trinajstić information content (AvgIpc) is 2.28. The van der Waals surface area contributed by atoms with Gasteiger partial charge in [-0.3, -0.25) is 0 Å². The summed E-state index contributed by atoms with van der Waals surface area (Å²) in [5, 5.41) is 0. The van der Waals surface area contributed by atoms with Crippen LogP contribution < -0.4 is 0 Å². The first-order valence-electron chi connectivity index (χ1n) is 5.24. The van der Waals surface area contributed by atoms with E-state index in [2.05, 4.69) is 16.5 Å². The fourth-order valence-corrected chi connectivity index (χ4v) is 1.66. The number of hydrogen-bond acceptors (Lipinski definition) is 2. The lowest BCUT2D eigenvalue weighted by Gasteiger charge is -2.06. The van der Waals surface area contributed by atoms with E-state index in [-0.39, 0.29) is 0 Å². The number of benzene rings is 1. The molecule has 0 N–H and O–H groups in total. The molecular weight excluding hydrogens is 196 g/mol. The van der Waals surface area contributed by atoms with Crippen molar-refractivity contribution in [1.29, 1.82) is 0 Å². The molecule has 2 rings (SSSR count). The number of aryl methyl sites for hydroxylation is 2. The molecule has 0 fully saturated rings. The molecule has 2 aromatic rings. The van der Waals surface area contributed by atoms with Gasteiger partial charge in [0.25, 0.3) is 0 Å². The smallest absolute Gasteiger partial charge is 0.126 e. The lowest BCUT2D eigenvalue weighted by molar-refractivity contribution is 0.998. The second-order valence-electron chi connectivity index (χ2n) is 3.79. The van der Waals surface area contributed by atoms with Gasteiger partial charge in [0, 0.05) is 11.3 Å². The van der Waals surface area contributed by atoms with E-state index in [1.54, 1.807) is 0 Å². The molecule has 0 saturated carbocycles. The molecule has 80 valence electrons. The summed E-state index contributed by atoms with van der Waals surface area (Å²) in [5.74, 6) is 0.784. The van der Waals surface area contributed by atoms with Crippen LogP contribution in [-0.2, 0) is 0 Å². The van der Waals surface area contributed by atoms with Gasteiger partial charge < -0.3 is 0 Å². The van der Waals surface area contributed by atoms with Crippen molar-refractivity contribution in [3.8, 4) is 0 Å². The zero-order valence-electron chi connectivity index (χ0n) is 9.57. The highest BCUT2D eigenvalue weighted by atomic mass is 14.9. The molecule has 0 aliphatic rings. The fourth-order valence-electron chi connectivity index (χ4n) is 1.66. The highest BCUT2D eigenvalue weighted by molar-refractivity contribution is 5.75. The molecule has 0 aliphatic heterocycles. The molecule has 0 saturated heterocycles. The molecule has 0 radical (unpaired) electrons. The maximum atomic E-state index is 4.40. The number of rotatable bonds is 2. The number of nitrogens with zero attached hydrogens (tertiary/aromatic N) is 2. The summed E-state index contributed by atoms with van der Waals surface area (Å²) in [6.07, 6.45) is 0. The third-order valence-corrected chi connectivity index (χ3v) is 2.40. The Hall–Kier alpha value is -1.96. The highest BCUT2D eigenvalue weighted by Crippen LogP contribution is 2.19. The van der Waals surface area contributed by atoms with Crippen LogP contribution in [0.5, 0.6) is 0 Å². The maximum absolute atomic E-state index is 4.40. The third kappa shape index (κ3) is 2.16. The molecule has 0 bridgehead atoms. The average molecular weight is 210 g/mol. The Kier molecular flexibility index (Phi) is 2.82. The van der Waals surface area contributed by atoms with E-state index in [1.165, 1.54) is 0 Å². The standard InChI is InChI=1S/C14H14N2/c1-10-9-14(16-12(3)15-10)11(2)13-7-5-4-6-8-13/h4-9H,2H2,1,3H3. The topological polar surface area (TPSA) is 25.8 Å². The maximum Gasteiger partial charge on any atom is 0.126 e. The van der Waals surface area contributed by atoms with Gasteiger partial charge in [0.15, 0.2) is 0 Å². The second kappa shape index (κ2) is 4.27.